The van der Waals surface area contributed by atoms with Crippen LogP contribution in [0.15, 0.2) is 60.8 Å². The summed E-state index contributed by atoms with van der Waals surface area (Å²) in [4.78, 5) is 0. The van der Waals surface area contributed by atoms with Crippen molar-refractivity contribution >= 4 is 10.8 Å². The number of nitrogens with zero attached hydrogens (tertiary/aromatic N) is 1. The van der Waals surface area contributed by atoms with Crippen molar-refractivity contribution in [2.24, 2.45) is 7.05 Å². The fourth-order valence-corrected chi connectivity index (χ4v) is 4.36. The van der Waals surface area contributed by atoms with Gasteiger partial charge in [-0.1, -0.05) is 48.5 Å². The molecule has 0 spiro atoms. The number of benzene rings is 3. The lowest BCUT2D eigenvalue weighted by atomic mass is 9.90. The highest BCUT2D eigenvalue weighted by Crippen LogP contribution is 2.51. The Morgan fingerprint density at radius 2 is 1.54 bits per heavy atom. The van der Waals surface area contributed by atoms with E-state index in [1.165, 1.54) is 44.2 Å². The Kier molecular flexibility index (Phi) is 2.52. The van der Waals surface area contributed by atoms with Crippen LogP contribution in [0.25, 0.3) is 44.3 Å². The summed E-state index contributed by atoms with van der Waals surface area (Å²) in [6.07, 6.45) is 1.76. The lowest BCUT2D eigenvalue weighted by Crippen LogP contribution is -2.31. The monoisotopic (exact) mass is 339 g/mol. The van der Waals surface area contributed by atoms with Gasteiger partial charge in [-0.05, 0) is 59.3 Å². The quantitative estimate of drug-likeness (QED) is 0.335. The van der Waals surface area contributed by atoms with Crippen LogP contribution < -0.4 is 4.57 Å². The normalized spacial score (nSPS) is 14.0. The van der Waals surface area contributed by atoms with Crippen LogP contribution in [0.3, 0.4) is 0 Å². The maximum atomic E-state index is 7.84. The molecule has 26 heavy (non-hydrogen) atoms. The molecule has 4 aromatic rings. The van der Waals surface area contributed by atoms with Crippen molar-refractivity contribution < 1.29 is 8.68 Å². The summed E-state index contributed by atoms with van der Waals surface area (Å²) in [6.45, 7) is 1.92. The largest absolute Gasteiger partial charge is 0.213 e. The minimum Gasteiger partial charge on any atom is -0.201 e. The van der Waals surface area contributed by atoms with Crippen LogP contribution in [-0.2, 0) is 7.05 Å². The maximum Gasteiger partial charge on any atom is 0.213 e. The molecule has 1 heteroatoms. The highest BCUT2D eigenvalue weighted by molar-refractivity contribution is 6.19. The molecular formula is C25H22N+. The highest BCUT2D eigenvalue weighted by Gasteiger charge is 2.28. The van der Waals surface area contributed by atoms with E-state index in [4.69, 9.17) is 4.11 Å². The number of fused-ring (bicyclic) bond motifs is 3. The van der Waals surface area contributed by atoms with Gasteiger partial charge in [-0.25, -0.2) is 4.57 Å². The second kappa shape index (κ2) is 5.28. The average Bonchev–Trinajstić information content (AvgIpc) is 2.99. The molecular weight excluding hydrogens is 314 g/mol. The number of hydrogen-bond donors (Lipinski definition) is 0. The molecule has 3 aromatic carbocycles. The number of pyridine rings is 1. The van der Waals surface area contributed by atoms with Crippen molar-refractivity contribution in [3.63, 3.8) is 0 Å². The van der Waals surface area contributed by atoms with Gasteiger partial charge in [-0.3, -0.25) is 0 Å². The van der Waals surface area contributed by atoms with Crippen LogP contribution in [-0.4, -0.2) is 0 Å². The van der Waals surface area contributed by atoms with Crippen molar-refractivity contribution in [2.75, 3.05) is 0 Å². The van der Waals surface area contributed by atoms with Crippen molar-refractivity contribution in [1.82, 2.24) is 0 Å². The zero-order valence-corrected chi connectivity index (χ0v) is 15.2. The molecule has 0 saturated carbocycles. The van der Waals surface area contributed by atoms with Gasteiger partial charge >= 0.3 is 0 Å². The Bertz CT molecular complexity index is 1320. The first-order valence-electron chi connectivity index (χ1n) is 10.4. The van der Waals surface area contributed by atoms with Crippen molar-refractivity contribution in [1.29, 1.82) is 0 Å². The van der Waals surface area contributed by atoms with Gasteiger partial charge in [0.2, 0.25) is 5.69 Å². The fraction of sp³-hybridized carbons (Fsp3) is 0.160. The molecule has 0 N–H and O–H groups in total. The van der Waals surface area contributed by atoms with Gasteiger partial charge in [0.1, 0.15) is 7.05 Å². The number of aryl methyl sites for hydroxylation is 4. The van der Waals surface area contributed by atoms with E-state index in [1.54, 1.807) is 6.20 Å². The first-order valence-corrected chi connectivity index (χ1v) is 8.94. The molecule has 0 bridgehead atoms. The number of hydrogen-bond acceptors (Lipinski definition) is 0. The smallest absolute Gasteiger partial charge is 0.201 e. The number of aromatic nitrogens is 1. The molecule has 1 heterocycles. The van der Waals surface area contributed by atoms with Crippen LogP contribution in [0.5, 0.6) is 0 Å². The van der Waals surface area contributed by atoms with Crippen molar-refractivity contribution in [2.45, 2.75) is 20.7 Å². The predicted molar refractivity (Wildman–Crippen MR) is 109 cm³/mol. The lowest BCUT2D eigenvalue weighted by Gasteiger charge is -2.13. The van der Waals surface area contributed by atoms with Crippen molar-refractivity contribution in [3.8, 4) is 33.5 Å². The van der Waals surface area contributed by atoms with Crippen LogP contribution in [0.1, 0.15) is 20.8 Å². The van der Waals surface area contributed by atoms with E-state index in [-0.39, 0.29) is 0 Å². The third-order valence-corrected chi connectivity index (χ3v) is 5.59. The van der Waals surface area contributed by atoms with Gasteiger partial charge in [0.15, 0.2) is 6.20 Å². The first-order chi connectivity index (χ1) is 13.8. The zero-order valence-electron chi connectivity index (χ0n) is 18.2. The third-order valence-electron chi connectivity index (χ3n) is 5.59. The Balaban J connectivity index is 1.90. The Morgan fingerprint density at radius 1 is 0.769 bits per heavy atom. The van der Waals surface area contributed by atoms with E-state index in [1.807, 2.05) is 24.6 Å². The molecule has 1 aliphatic carbocycles. The third kappa shape index (κ3) is 1.94. The molecule has 1 nitrogen and oxygen atoms in total. The van der Waals surface area contributed by atoms with Gasteiger partial charge < -0.3 is 0 Å². The molecule has 0 unspecified atom stereocenters. The summed E-state index contributed by atoms with van der Waals surface area (Å²) in [5.41, 5.74) is 9.64. The number of rotatable bonds is 1. The van der Waals surface area contributed by atoms with Crippen LogP contribution >= 0.6 is 0 Å². The van der Waals surface area contributed by atoms with Crippen molar-refractivity contribution in [3.05, 3.63) is 77.5 Å². The maximum absolute atomic E-state index is 7.84. The predicted octanol–water partition coefficient (Wildman–Crippen LogP) is 5.90. The summed E-state index contributed by atoms with van der Waals surface area (Å²) in [5.74, 6) is 0. The van der Waals surface area contributed by atoms with E-state index in [9.17, 15) is 0 Å². The van der Waals surface area contributed by atoms with E-state index in [0.29, 0.717) is 5.56 Å². The summed E-state index contributed by atoms with van der Waals surface area (Å²) in [7, 11) is 1.94. The van der Waals surface area contributed by atoms with Gasteiger partial charge in [-0.15, -0.1) is 0 Å². The molecule has 0 amide bonds. The summed E-state index contributed by atoms with van der Waals surface area (Å²) in [6, 6.07) is 19.3. The Morgan fingerprint density at radius 3 is 2.35 bits per heavy atom. The highest BCUT2D eigenvalue weighted by atomic mass is 14.9. The second-order valence-electron chi connectivity index (χ2n) is 7.26. The van der Waals surface area contributed by atoms with Gasteiger partial charge in [0.25, 0.3) is 0 Å². The minimum absolute atomic E-state index is 0.403. The molecule has 0 radical (unpaired) electrons. The molecule has 126 valence electrons. The van der Waals surface area contributed by atoms with Gasteiger partial charge in [0, 0.05) is 21.3 Å². The molecule has 0 aliphatic heterocycles. The molecule has 1 aromatic heterocycles. The molecule has 1 aliphatic rings. The van der Waals surface area contributed by atoms with E-state index >= 15 is 0 Å². The van der Waals surface area contributed by atoms with Crippen LogP contribution in [0.2, 0.25) is 0 Å². The standard InChI is InChI=1S/C25H22N/c1-15-13-22(26(4)14-17(15)3)23-16(2)12-18-8-7-11-20-19-9-5-6-10-21(19)25(23)24(18)20/h5-14H,1-4H3/q+1/i3D3. The van der Waals surface area contributed by atoms with Crippen LogP contribution in [0, 0.1) is 20.7 Å². The topological polar surface area (TPSA) is 3.88 Å². The SMILES string of the molecule is [2H]C([2H])([2H])c1c[n+](C)c(-c2c(C)cc3cccc4c3c2-c2ccccc2-4)cc1C. The minimum atomic E-state index is -2.12. The van der Waals surface area contributed by atoms with E-state index in [0.717, 1.165) is 11.3 Å². The second-order valence-corrected chi connectivity index (χ2v) is 7.26. The lowest BCUT2D eigenvalue weighted by molar-refractivity contribution is -0.660. The zero-order chi connectivity index (χ0) is 20.5. The molecule has 5 rings (SSSR count). The fourth-order valence-electron chi connectivity index (χ4n) is 4.36. The molecule has 0 atom stereocenters. The first kappa shape index (κ1) is 12.4. The summed E-state index contributed by atoms with van der Waals surface area (Å²) < 4.78 is 25.5. The van der Waals surface area contributed by atoms with Crippen LogP contribution in [0.4, 0.5) is 0 Å². The summed E-state index contributed by atoms with van der Waals surface area (Å²) >= 11 is 0. The average molecular weight is 339 g/mol. The summed E-state index contributed by atoms with van der Waals surface area (Å²) in [5, 5.41) is 2.53. The van der Waals surface area contributed by atoms with E-state index in [2.05, 4.69) is 55.5 Å². The molecule has 0 saturated heterocycles. The van der Waals surface area contributed by atoms with E-state index < -0.39 is 6.85 Å². The van der Waals surface area contributed by atoms with Gasteiger partial charge in [0.05, 0.1) is 5.56 Å². The van der Waals surface area contributed by atoms with Gasteiger partial charge in [-0.2, -0.15) is 0 Å². The Hall–Kier alpha value is -2.93. The Labute approximate surface area is 158 Å². The molecule has 0 fully saturated rings.